The molecule has 0 aromatic heterocycles. The van der Waals surface area contributed by atoms with E-state index in [0.29, 0.717) is 6.61 Å². The van der Waals surface area contributed by atoms with Crippen molar-refractivity contribution >= 4 is 5.97 Å². The summed E-state index contributed by atoms with van der Waals surface area (Å²) < 4.78 is 5.00. The van der Waals surface area contributed by atoms with Gasteiger partial charge in [-0.1, -0.05) is 32.3 Å². The molecular formula is C13H18O4. The summed E-state index contributed by atoms with van der Waals surface area (Å²) in [6, 6.07) is 4.22. The number of phenols is 2. The summed E-state index contributed by atoms with van der Waals surface area (Å²) in [5.41, 5.74) is 0.000455. The lowest BCUT2D eigenvalue weighted by Gasteiger charge is -2.06. The van der Waals surface area contributed by atoms with Gasteiger partial charge in [-0.25, -0.2) is 4.79 Å². The largest absolute Gasteiger partial charge is 0.504 e. The molecule has 94 valence electrons. The van der Waals surface area contributed by atoms with E-state index < -0.39 is 11.7 Å². The fourth-order valence-corrected chi connectivity index (χ4v) is 1.47. The molecule has 4 heteroatoms. The summed E-state index contributed by atoms with van der Waals surface area (Å²) in [6.07, 6.45) is 4.09. The quantitative estimate of drug-likeness (QED) is 0.454. The second kappa shape index (κ2) is 6.78. The first-order chi connectivity index (χ1) is 8.16. The summed E-state index contributed by atoms with van der Waals surface area (Å²) >= 11 is 0. The van der Waals surface area contributed by atoms with Crippen molar-refractivity contribution in [3.63, 3.8) is 0 Å². The van der Waals surface area contributed by atoms with Crippen molar-refractivity contribution < 1.29 is 19.7 Å². The average Bonchev–Trinajstić information content (AvgIpc) is 2.32. The molecule has 0 radical (unpaired) electrons. The lowest BCUT2D eigenvalue weighted by Crippen LogP contribution is -2.06. The maximum Gasteiger partial charge on any atom is 0.342 e. The molecule has 0 aliphatic carbocycles. The Bertz CT molecular complexity index is 374. The zero-order chi connectivity index (χ0) is 12.7. The minimum absolute atomic E-state index is 0.000455. The second-order valence-electron chi connectivity index (χ2n) is 3.87. The van der Waals surface area contributed by atoms with Crippen molar-refractivity contribution in [1.82, 2.24) is 0 Å². The van der Waals surface area contributed by atoms with E-state index in [1.54, 1.807) is 0 Å². The molecule has 0 saturated carbocycles. The highest BCUT2D eigenvalue weighted by atomic mass is 16.5. The van der Waals surface area contributed by atoms with Crippen LogP contribution in [-0.2, 0) is 4.74 Å². The predicted octanol–water partition coefficient (Wildman–Crippen LogP) is 2.83. The van der Waals surface area contributed by atoms with Gasteiger partial charge in [0.1, 0.15) is 5.56 Å². The molecule has 4 nitrogen and oxygen atoms in total. The molecule has 0 bridgehead atoms. The number of hydrogen-bond acceptors (Lipinski definition) is 4. The third-order valence-electron chi connectivity index (χ3n) is 2.47. The minimum atomic E-state index is -0.602. The van der Waals surface area contributed by atoms with Gasteiger partial charge in [0.15, 0.2) is 11.5 Å². The van der Waals surface area contributed by atoms with Gasteiger partial charge in [-0.15, -0.1) is 0 Å². The van der Waals surface area contributed by atoms with Crippen LogP contribution in [0, 0.1) is 0 Å². The lowest BCUT2D eigenvalue weighted by molar-refractivity contribution is 0.0494. The Morgan fingerprint density at radius 1 is 1.24 bits per heavy atom. The molecule has 0 aliphatic rings. The van der Waals surface area contributed by atoms with E-state index in [0.717, 1.165) is 25.7 Å². The summed E-state index contributed by atoms with van der Waals surface area (Å²) in [6.45, 7) is 2.45. The summed E-state index contributed by atoms with van der Waals surface area (Å²) in [5, 5.41) is 18.7. The lowest BCUT2D eigenvalue weighted by atomic mass is 10.2. The molecule has 0 aliphatic heterocycles. The number of benzene rings is 1. The minimum Gasteiger partial charge on any atom is -0.504 e. The molecule has 0 fully saturated rings. The van der Waals surface area contributed by atoms with Crippen LogP contribution in [0.4, 0.5) is 0 Å². The molecule has 2 N–H and O–H groups in total. The fourth-order valence-electron chi connectivity index (χ4n) is 1.47. The summed E-state index contributed by atoms with van der Waals surface area (Å²) in [4.78, 5) is 11.6. The Morgan fingerprint density at radius 3 is 2.71 bits per heavy atom. The van der Waals surface area contributed by atoms with E-state index in [4.69, 9.17) is 4.74 Å². The predicted molar refractivity (Wildman–Crippen MR) is 64.2 cm³/mol. The number of carbonyl (C=O) groups is 1. The normalized spacial score (nSPS) is 10.2. The van der Waals surface area contributed by atoms with E-state index in [2.05, 4.69) is 6.92 Å². The van der Waals surface area contributed by atoms with Gasteiger partial charge in [-0.05, 0) is 18.6 Å². The maximum absolute atomic E-state index is 11.6. The number of para-hydroxylation sites is 1. The molecule has 1 aromatic rings. The highest BCUT2D eigenvalue weighted by molar-refractivity contribution is 5.93. The van der Waals surface area contributed by atoms with Gasteiger partial charge in [-0.3, -0.25) is 0 Å². The SMILES string of the molecule is CCCCCCOC(=O)c1cccc(O)c1O. The van der Waals surface area contributed by atoms with Gasteiger partial charge >= 0.3 is 5.97 Å². The van der Waals surface area contributed by atoms with Crippen LogP contribution in [-0.4, -0.2) is 22.8 Å². The molecule has 1 rings (SSSR count). The molecule has 0 saturated heterocycles. The van der Waals surface area contributed by atoms with Crippen LogP contribution in [0.25, 0.3) is 0 Å². The van der Waals surface area contributed by atoms with Crippen molar-refractivity contribution in [3.05, 3.63) is 23.8 Å². The first-order valence-corrected chi connectivity index (χ1v) is 5.85. The van der Waals surface area contributed by atoms with Crippen LogP contribution in [0.15, 0.2) is 18.2 Å². The van der Waals surface area contributed by atoms with Gasteiger partial charge in [0.25, 0.3) is 0 Å². The Hall–Kier alpha value is -1.71. The number of ether oxygens (including phenoxy) is 1. The highest BCUT2D eigenvalue weighted by Gasteiger charge is 2.14. The molecular weight excluding hydrogens is 220 g/mol. The van der Waals surface area contributed by atoms with Crippen molar-refractivity contribution in [3.8, 4) is 11.5 Å². The third kappa shape index (κ3) is 3.98. The zero-order valence-corrected chi connectivity index (χ0v) is 9.98. The van der Waals surface area contributed by atoms with Crippen LogP contribution in [0.1, 0.15) is 43.0 Å². The number of rotatable bonds is 6. The fraction of sp³-hybridized carbons (Fsp3) is 0.462. The first kappa shape index (κ1) is 13.4. The Balaban J connectivity index is 2.44. The van der Waals surface area contributed by atoms with Crippen LogP contribution < -0.4 is 0 Å². The monoisotopic (exact) mass is 238 g/mol. The topological polar surface area (TPSA) is 66.8 Å². The van der Waals surface area contributed by atoms with Crippen LogP contribution in [0.3, 0.4) is 0 Å². The zero-order valence-electron chi connectivity index (χ0n) is 9.98. The van der Waals surface area contributed by atoms with Gasteiger partial charge in [-0.2, -0.15) is 0 Å². The number of phenolic OH excluding ortho intramolecular Hbond substituents is 2. The van der Waals surface area contributed by atoms with Gasteiger partial charge in [0, 0.05) is 0 Å². The van der Waals surface area contributed by atoms with E-state index in [-0.39, 0.29) is 11.3 Å². The summed E-state index contributed by atoms with van der Waals surface area (Å²) in [7, 11) is 0. The van der Waals surface area contributed by atoms with Gasteiger partial charge < -0.3 is 14.9 Å². The van der Waals surface area contributed by atoms with Crippen molar-refractivity contribution in [2.45, 2.75) is 32.6 Å². The first-order valence-electron chi connectivity index (χ1n) is 5.85. The van der Waals surface area contributed by atoms with E-state index in [1.165, 1.54) is 18.2 Å². The standard InChI is InChI=1S/C13H18O4/c1-2-3-4-5-9-17-13(16)10-7-6-8-11(14)12(10)15/h6-8,14-15H,2-5,9H2,1H3. The number of unbranched alkanes of at least 4 members (excludes halogenated alkanes) is 3. The van der Waals surface area contributed by atoms with E-state index >= 15 is 0 Å². The molecule has 0 atom stereocenters. The van der Waals surface area contributed by atoms with Crippen LogP contribution in [0.2, 0.25) is 0 Å². The Kier molecular flexibility index (Phi) is 5.33. The summed E-state index contributed by atoms with van der Waals surface area (Å²) in [5.74, 6) is -1.34. The molecule has 1 aromatic carbocycles. The van der Waals surface area contributed by atoms with Crippen molar-refractivity contribution in [1.29, 1.82) is 0 Å². The average molecular weight is 238 g/mol. The Labute approximate surface area is 101 Å². The van der Waals surface area contributed by atoms with Crippen molar-refractivity contribution in [2.24, 2.45) is 0 Å². The third-order valence-corrected chi connectivity index (χ3v) is 2.47. The molecule has 0 heterocycles. The molecule has 0 amide bonds. The second-order valence-corrected chi connectivity index (χ2v) is 3.87. The van der Waals surface area contributed by atoms with E-state index in [9.17, 15) is 15.0 Å². The van der Waals surface area contributed by atoms with Gasteiger partial charge in [0.05, 0.1) is 6.61 Å². The van der Waals surface area contributed by atoms with Crippen LogP contribution >= 0.6 is 0 Å². The number of carbonyl (C=O) groups excluding carboxylic acids is 1. The number of aromatic hydroxyl groups is 2. The molecule has 0 unspecified atom stereocenters. The molecule has 17 heavy (non-hydrogen) atoms. The smallest absolute Gasteiger partial charge is 0.342 e. The number of hydrogen-bond donors (Lipinski definition) is 2. The Morgan fingerprint density at radius 2 is 2.00 bits per heavy atom. The van der Waals surface area contributed by atoms with Crippen LogP contribution in [0.5, 0.6) is 11.5 Å². The van der Waals surface area contributed by atoms with E-state index in [1.807, 2.05) is 0 Å². The number of esters is 1. The highest BCUT2D eigenvalue weighted by Crippen LogP contribution is 2.28. The maximum atomic E-state index is 11.6. The van der Waals surface area contributed by atoms with Crippen molar-refractivity contribution in [2.75, 3.05) is 6.61 Å². The molecule has 0 spiro atoms. The van der Waals surface area contributed by atoms with Gasteiger partial charge in [0.2, 0.25) is 0 Å².